The lowest BCUT2D eigenvalue weighted by Crippen LogP contribution is -2.29. The maximum atomic E-state index is 5.40. The Hall–Kier alpha value is -0.890. The van der Waals surface area contributed by atoms with Crippen molar-refractivity contribution in [1.29, 1.82) is 0 Å². The zero-order valence-corrected chi connectivity index (χ0v) is 13.0. The Labute approximate surface area is 125 Å². The lowest BCUT2D eigenvalue weighted by molar-refractivity contribution is 0.0681. The van der Waals surface area contributed by atoms with Crippen LogP contribution in [0.2, 0.25) is 0 Å². The summed E-state index contributed by atoms with van der Waals surface area (Å²) in [6.07, 6.45) is 8.75. The van der Waals surface area contributed by atoms with Crippen LogP contribution in [0.5, 0.6) is 0 Å². The van der Waals surface area contributed by atoms with Crippen LogP contribution in [-0.4, -0.2) is 33.9 Å². The van der Waals surface area contributed by atoms with Crippen LogP contribution >= 0.6 is 22.6 Å². The van der Waals surface area contributed by atoms with Gasteiger partial charge >= 0.3 is 0 Å². The smallest absolute Gasteiger partial charge is 0.170 e. The standard InChI is InChI=1S/C13H17IN4O/c1-19-10-4-2-9(3-5-10)16-12-6-7-18-13(17-12)11(14)8-15-18/h6-10H,2-5H2,1H3,(H,16,17)/t9-,10-. The van der Waals surface area contributed by atoms with Crippen LogP contribution < -0.4 is 5.32 Å². The van der Waals surface area contributed by atoms with E-state index in [4.69, 9.17) is 4.74 Å². The summed E-state index contributed by atoms with van der Waals surface area (Å²) in [6.45, 7) is 0. The van der Waals surface area contributed by atoms with E-state index in [1.54, 1.807) is 11.6 Å². The van der Waals surface area contributed by atoms with Crippen molar-refractivity contribution in [2.75, 3.05) is 12.4 Å². The van der Waals surface area contributed by atoms with Crippen molar-refractivity contribution in [3.05, 3.63) is 22.0 Å². The van der Waals surface area contributed by atoms with Gasteiger partial charge < -0.3 is 10.1 Å². The molecule has 5 nitrogen and oxygen atoms in total. The van der Waals surface area contributed by atoms with Crippen LogP contribution in [-0.2, 0) is 4.74 Å². The van der Waals surface area contributed by atoms with E-state index < -0.39 is 0 Å². The highest BCUT2D eigenvalue weighted by molar-refractivity contribution is 14.1. The van der Waals surface area contributed by atoms with Gasteiger partial charge in [0.15, 0.2) is 5.65 Å². The van der Waals surface area contributed by atoms with Crippen LogP contribution in [0.3, 0.4) is 0 Å². The first-order chi connectivity index (χ1) is 9.26. The van der Waals surface area contributed by atoms with Crippen LogP contribution in [0.25, 0.3) is 5.65 Å². The van der Waals surface area contributed by atoms with E-state index in [1.807, 2.05) is 18.5 Å². The van der Waals surface area contributed by atoms with Gasteiger partial charge in [-0.1, -0.05) is 0 Å². The first-order valence-electron chi connectivity index (χ1n) is 6.55. The highest BCUT2D eigenvalue weighted by atomic mass is 127. The molecule has 1 saturated carbocycles. The number of methoxy groups -OCH3 is 1. The van der Waals surface area contributed by atoms with Crippen LogP contribution in [0.1, 0.15) is 25.7 Å². The number of hydrogen-bond acceptors (Lipinski definition) is 4. The van der Waals surface area contributed by atoms with Gasteiger partial charge in [0.25, 0.3) is 0 Å². The highest BCUT2D eigenvalue weighted by Gasteiger charge is 2.20. The molecule has 0 amide bonds. The fourth-order valence-electron chi connectivity index (χ4n) is 2.57. The molecule has 0 unspecified atom stereocenters. The summed E-state index contributed by atoms with van der Waals surface area (Å²) < 4.78 is 8.27. The van der Waals surface area contributed by atoms with Crippen molar-refractivity contribution in [1.82, 2.24) is 14.6 Å². The fourth-order valence-corrected chi connectivity index (χ4v) is 3.07. The number of ether oxygens (including phenoxy) is 1. The molecule has 2 aromatic rings. The lowest BCUT2D eigenvalue weighted by Gasteiger charge is -2.28. The molecule has 0 bridgehead atoms. The number of anilines is 1. The largest absolute Gasteiger partial charge is 0.381 e. The van der Waals surface area contributed by atoms with Crippen molar-refractivity contribution in [2.45, 2.75) is 37.8 Å². The molecule has 3 rings (SSSR count). The maximum Gasteiger partial charge on any atom is 0.170 e. The summed E-state index contributed by atoms with van der Waals surface area (Å²) in [5, 5.41) is 7.75. The Morgan fingerprint density at radius 2 is 2.16 bits per heavy atom. The third-order valence-electron chi connectivity index (χ3n) is 3.69. The van der Waals surface area contributed by atoms with Gasteiger partial charge in [-0.25, -0.2) is 9.50 Å². The van der Waals surface area contributed by atoms with E-state index in [9.17, 15) is 0 Å². The summed E-state index contributed by atoms with van der Waals surface area (Å²) in [4.78, 5) is 4.62. The Morgan fingerprint density at radius 3 is 2.89 bits per heavy atom. The molecule has 2 heterocycles. The second kappa shape index (κ2) is 5.62. The van der Waals surface area contributed by atoms with E-state index in [2.05, 4.69) is 38.0 Å². The van der Waals surface area contributed by atoms with Crippen molar-refractivity contribution in [2.24, 2.45) is 0 Å². The lowest BCUT2D eigenvalue weighted by atomic mass is 9.93. The van der Waals surface area contributed by atoms with Gasteiger partial charge in [-0.3, -0.25) is 0 Å². The number of hydrogen-bond donors (Lipinski definition) is 1. The molecule has 0 spiro atoms. The normalized spacial score (nSPS) is 23.7. The second-order valence-corrected chi connectivity index (χ2v) is 6.09. The third-order valence-corrected chi connectivity index (χ3v) is 4.45. The van der Waals surface area contributed by atoms with Gasteiger partial charge in [0.1, 0.15) is 5.82 Å². The summed E-state index contributed by atoms with van der Waals surface area (Å²) >= 11 is 2.26. The molecule has 102 valence electrons. The summed E-state index contributed by atoms with van der Waals surface area (Å²) in [7, 11) is 1.80. The number of aromatic nitrogens is 3. The first-order valence-corrected chi connectivity index (χ1v) is 7.63. The number of nitrogens with zero attached hydrogens (tertiary/aromatic N) is 3. The van der Waals surface area contributed by atoms with Gasteiger partial charge in [-0.2, -0.15) is 5.10 Å². The topological polar surface area (TPSA) is 51.5 Å². The van der Waals surface area contributed by atoms with Crippen molar-refractivity contribution >= 4 is 34.1 Å². The number of rotatable bonds is 3. The first kappa shape index (κ1) is 13.1. The van der Waals surface area contributed by atoms with Crippen LogP contribution in [0.15, 0.2) is 18.5 Å². The Morgan fingerprint density at radius 1 is 1.37 bits per heavy atom. The fraction of sp³-hybridized carbons (Fsp3) is 0.538. The van der Waals surface area contributed by atoms with Crippen molar-refractivity contribution in [3.63, 3.8) is 0 Å². The summed E-state index contributed by atoms with van der Waals surface area (Å²) in [6, 6.07) is 2.49. The summed E-state index contributed by atoms with van der Waals surface area (Å²) in [5.41, 5.74) is 0.913. The van der Waals surface area contributed by atoms with Gasteiger partial charge in [-0.05, 0) is 54.3 Å². The molecular weight excluding hydrogens is 355 g/mol. The second-order valence-electron chi connectivity index (χ2n) is 4.93. The third kappa shape index (κ3) is 2.84. The molecule has 0 radical (unpaired) electrons. The molecule has 6 heteroatoms. The quantitative estimate of drug-likeness (QED) is 0.842. The average molecular weight is 372 g/mol. The van der Waals surface area contributed by atoms with Crippen molar-refractivity contribution in [3.8, 4) is 0 Å². The number of nitrogens with one attached hydrogen (secondary N) is 1. The maximum absolute atomic E-state index is 5.40. The highest BCUT2D eigenvalue weighted by Crippen LogP contribution is 2.23. The molecule has 19 heavy (non-hydrogen) atoms. The minimum Gasteiger partial charge on any atom is -0.381 e. The summed E-state index contributed by atoms with van der Waals surface area (Å²) in [5.74, 6) is 0.937. The van der Waals surface area contributed by atoms with Gasteiger partial charge in [-0.15, -0.1) is 0 Å². The van der Waals surface area contributed by atoms with Crippen LogP contribution in [0, 0.1) is 3.57 Å². The van der Waals surface area contributed by atoms with Gasteiger partial charge in [0, 0.05) is 19.3 Å². The molecule has 0 aromatic carbocycles. The van der Waals surface area contributed by atoms with E-state index in [0.717, 1.165) is 40.7 Å². The Balaban J connectivity index is 1.70. The van der Waals surface area contributed by atoms with Crippen LogP contribution in [0.4, 0.5) is 5.82 Å². The van der Waals surface area contributed by atoms with Crippen molar-refractivity contribution < 1.29 is 4.74 Å². The monoisotopic (exact) mass is 372 g/mol. The molecular formula is C13H17IN4O. The zero-order chi connectivity index (χ0) is 13.2. The SMILES string of the molecule is CO[C@H]1CC[C@H](Nc2ccn3ncc(I)c3n2)CC1. The molecule has 1 aliphatic rings. The van der Waals surface area contributed by atoms with Gasteiger partial charge in [0.05, 0.1) is 15.9 Å². The number of halogens is 1. The van der Waals surface area contributed by atoms with Gasteiger partial charge in [0.2, 0.25) is 0 Å². The van der Waals surface area contributed by atoms with E-state index in [0.29, 0.717) is 12.1 Å². The molecule has 1 N–H and O–H groups in total. The minimum absolute atomic E-state index is 0.435. The van der Waals surface area contributed by atoms with E-state index >= 15 is 0 Å². The minimum atomic E-state index is 0.435. The Kier molecular flexibility index (Phi) is 3.88. The zero-order valence-electron chi connectivity index (χ0n) is 10.8. The predicted molar refractivity (Wildman–Crippen MR) is 82.4 cm³/mol. The van der Waals surface area contributed by atoms with E-state index in [1.165, 1.54) is 0 Å². The predicted octanol–water partition coefficient (Wildman–Crippen LogP) is 2.70. The molecule has 0 atom stereocenters. The molecule has 0 saturated heterocycles. The number of fused-ring (bicyclic) bond motifs is 1. The molecule has 1 aliphatic carbocycles. The Bertz CT molecular complexity index is 563. The molecule has 0 aliphatic heterocycles. The average Bonchev–Trinajstić information content (AvgIpc) is 2.81. The molecule has 2 aromatic heterocycles. The molecule has 1 fully saturated rings. The van der Waals surface area contributed by atoms with E-state index in [-0.39, 0.29) is 0 Å².